The molecule has 8 nitrogen and oxygen atoms in total. The molecule has 3 amide bonds. The van der Waals surface area contributed by atoms with Gasteiger partial charge in [-0.05, 0) is 62.4 Å². The number of likely N-dealkylation sites (N-methyl/N-ethyl adjacent to an activating group) is 1. The Labute approximate surface area is 230 Å². The lowest BCUT2D eigenvalue weighted by Crippen LogP contribution is -2.56. The average molecular weight is 541 g/mol. The molecule has 1 aliphatic rings. The highest BCUT2D eigenvalue weighted by molar-refractivity contribution is 5.92. The molecule has 2 aromatic rings. The summed E-state index contributed by atoms with van der Waals surface area (Å²) in [6.45, 7) is 6.48. The Balaban J connectivity index is 1.86. The fraction of sp³-hybridized carbons (Fsp3) is 0.500. The number of carbonyl (C=O) groups is 3. The Kier molecular flexibility index (Phi) is 11.3. The van der Waals surface area contributed by atoms with Crippen molar-refractivity contribution in [3.63, 3.8) is 0 Å². The summed E-state index contributed by atoms with van der Waals surface area (Å²) >= 11 is 0. The average Bonchev–Trinajstić information content (AvgIpc) is 2.93. The van der Waals surface area contributed by atoms with Crippen LogP contribution in [0, 0.1) is 5.82 Å². The zero-order chi connectivity index (χ0) is 28.4. The van der Waals surface area contributed by atoms with Gasteiger partial charge >= 0.3 is 0 Å². The number of halogens is 1. The maximum Gasteiger partial charge on any atom is 0.243 e. The number of nitrogens with zero attached hydrogens (tertiary/aromatic N) is 1. The van der Waals surface area contributed by atoms with Gasteiger partial charge in [0.15, 0.2) is 0 Å². The smallest absolute Gasteiger partial charge is 0.243 e. The normalized spacial score (nSPS) is 24.0. The molecule has 9 heteroatoms. The molecule has 2 aromatic carbocycles. The number of ether oxygens (including phenoxy) is 1. The van der Waals surface area contributed by atoms with Crippen molar-refractivity contribution in [3.05, 3.63) is 65.5 Å². The van der Waals surface area contributed by atoms with Crippen molar-refractivity contribution < 1.29 is 23.5 Å². The molecular formula is C30H41FN4O4. The third kappa shape index (κ3) is 8.78. The Morgan fingerprint density at radius 1 is 1.00 bits per heavy atom. The summed E-state index contributed by atoms with van der Waals surface area (Å²) in [5.41, 5.74) is 1.74. The van der Waals surface area contributed by atoms with Gasteiger partial charge in [0.1, 0.15) is 29.8 Å². The van der Waals surface area contributed by atoms with Gasteiger partial charge in [-0.1, -0.05) is 43.7 Å². The molecule has 0 fully saturated rings. The lowest BCUT2D eigenvalue weighted by Gasteiger charge is -2.30. The number of carbonyl (C=O) groups excluding carboxylic acids is 3. The lowest BCUT2D eigenvalue weighted by atomic mass is 10.0. The van der Waals surface area contributed by atoms with Gasteiger partial charge in [-0.15, -0.1) is 0 Å². The van der Waals surface area contributed by atoms with E-state index >= 15 is 0 Å². The Morgan fingerprint density at radius 2 is 1.72 bits per heavy atom. The minimum atomic E-state index is -0.881. The summed E-state index contributed by atoms with van der Waals surface area (Å²) in [5.74, 6) is -0.564. The molecule has 4 atom stereocenters. The first-order valence-electron chi connectivity index (χ1n) is 13.8. The maximum atomic E-state index is 13.4. The summed E-state index contributed by atoms with van der Waals surface area (Å²) in [6.07, 6.45) is 2.78. The van der Waals surface area contributed by atoms with E-state index in [0.29, 0.717) is 37.9 Å². The zero-order valence-corrected chi connectivity index (χ0v) is 23.3. The molecular weight excluding hydrogens is 499 g/mol. The van der Waals surface area contributed by atoms with Crippen LogP contribution in [0.5, 0.6) is 5.75 Å². The fourth-order valence-corrected chi connectivity index (χ4v) is 4.58. The summed E-state index contributed by atoms with van der Waals surface area (Å²) in [7, 11) is 1.60. The number of rotatable bonds is 4. The van der Waals surface area contributed by atoms with Crippen molar-refractivity contribution in [1.82, 2.24) is 20.9 Å². The first kappa shape index (κ1) is 30.1. The molecule has 1 heterocycles. The van der Waals surface area contributed by atoms with E-state index in [1.807, 2.05) is 38.1 Å². The highest BCUT2D eigenvalue weighted by Gasteiger charge is 2.31. The topological polar surface area (TPSA) is 99.8 Å². The second-order valence-corrected chi connectivity index (χ2v) is 10.2. The van der Waals surface area contributed by atoms with E-state index < -0.39 is 24.0 Å². The summed E-state index contributed by atoms with van der Waals surface area (Å²) < 4.78 is 19.7. The summed E-state index contributed by atoms with van der Waals surface area (Å²) in [6, 6.07) is 11.5. The number of amides is 3. The van der Waals surface area contributed by atoms with Gasteiger partial charge in [0.25, 0.3) is 0 Å². The van der Waals surface area contributed by atoms with Crippen LogP contribution in [0.25, 0.3) is 0 Å². The van der Waals surface area contributed by atoms with Crippen LogP contribution in [0.4, 0.5) is 4.39 Å². The predicted molar refractivity (Wildman–Crippen MR) is 149 cm³/mol. The van der Waals surface area contributed by atoms with Crippen LogP contribution in [0.15, 0.2) is 48.5 Å². The monoisotopic (exact) mass is 540 g/mol. The first-order valence-corrected chi connectivity index (χ1v) is 13.8. The molecule has 0 radical (unpaired) electrons. The van der Waals surface area contributed by atoms with Crippen molar-refractivity contribution in [2.24, 2.45) is 0 Å². The molecule has 3 N–H and O–H groups in total. The van der Waals surface area contributed by atoms with E-state index in [0.717, 1.165) is 17.7 Å². The molecule has 0 saturated heterocycles. The molecule has 3 rings (SSSR count). The van der Waals surface area contributed by atoms with Crippen LogP contribution < -0.4 is 20.7 Å². The number of hydrogen-bond donors (Lipinski definition) is 3. The van der Waals surface area contributed by atoms with Gasteiger partial charge in [-0.3, -0.25) is 14.4 Å². The third-order valence-corrected chi connectivity index (χ3v) is 7.04. The van der Waals surface area contributed by atoms with Crippen molar-refractivity contribution >= 4 is 17.7 Å². The van der Waals surface area contributed by atoms with E-state index in [1.165, 1.54) is 17.0 Å². The Bertz CT molecular complexity index is 1110. The Morgan fingerprint density at radius 3 is 2.44 bits per heavy atom. The molecule has 0 aromatic heterocycles. The highest BCUT2D eigenvalue weighted by atomic mass is 19.1. The van der Waals surface area contributed by atoms with Gasteiger partial charge in [-0.2, -0.15) is 0 Å². The number of hydrogen-bond acceptors (Lipinski definition) is 5. The number of para-hydroxylation sites is 1. The number of benzene rings is 2. The third-order valence-electron chi connectivity index (χ3n) is 7.04. The van der Waals surface area contributed by atoms with Crippen LogP contribution in [0.1, 0.15) is 51.2 Å². The standard InChI is InChI=1S/C30H41FN4O4/c1-5-9-25-30(38)35(4)21(3)28(36)34-26(18-22-13-15-24(31)16-14-22)29(37)32-17-8-11-23-10-6-7-12-27(23)39-20(2)19-33-25/h6-7,10,12-16,20-21,25-26,33H,5,8-9,11,17-19H2,1-4H3,(H,32,37)(H,34,36)/t20-,21-,25+,26-/m1/s1. The quantitative estimate of drug-likeness (QED) is 0.554. The van der Waals surface area contributed by atoms with Crippen molar-refractivity contribution in [2.45, 2.75) is 77.1 Å². The van der Waals surface area contributed by atoms with Crippen LogP contribution in [-0.4, -0.2) is 67.0 Å². The molecule has 39 heavy (non-hydrogen) atoms. The second-order valence-electron chi connectivity index (χ2n) is 10.2. The van der Waals surface area contributed by atoms with E-state index in [2.05, 4.69) is 16.0 Å². The zero-order valence-electron chi connectivity index (χ0n) is 23.3. The summed E-state index contributed by atoms with van der Waals surface area (Å²) in [5, 5.41) is 9.08. The summed E-state index contributed by atoms with van der Waals surface area (Å²) in [4.78, 5) is 41.2. The highest BCUT2D eigenvalue weighted by Crippen LogP contribution is 2.21. The van der Waals surface area contributed by atoms with E-state index in [1.54, 1.807) is 26.1 Å². The van der Waals surface area contributed by atoms with E-state index in [-0.39, 0.29) is 30.2 Å². The minimum absolute atomic E-state index is 0.185. The van der Waals surface area contributed by atoms with Gasteiger partial charge in [0, 0.05) is 26.6 Å². The van der Waals surface area contributed by atoms with E-state index in [9.17, 15) is 18.8 Å². The molecule has 0 spiro atoms. The molecule has 0 aliphatic carbocycles. The van der Waals surface area contributed by atoms with Crippen molar-refractivity contribution in [2.75, 3.05) is 20.1 Å². The molecule has 212 valence electrons. The Hall–Kier alpha value is -3.46. The second kappa shape index (κ2) is 14.6. The van der Waals surface area contributed by atoms with Crippen LogP contribution >= 0.6 is 0 Å². The molecule has 1 aliphatic heterocycles. The van der Waals surface area contributed by atoms with Crippen LogP contribution in [-0.2, 0) is 27.2 Å². The molecule has 0 saturated carbocycles. The van der Waals surface area contributed by atoms with Gasteiger partial charge < -0.3 is 25.6 Å². The largest absolute Gasteiger partial charge is 0.489 e. The van der Waals surface area contributed by atoms with Gasteiger partial charge in [0.05, 0.1) is 6.04 Å². The first-order chi connectivity index (χ1) is 18.7. The van der Waals surface area contributed by atoms with Crippen molar-refractivity contribution in [3.8, 4) is 5.75 Å². The SMILES string of the molecule is CCC[C@@H]1NC[C@@H](C)Oc2ccccc2CCCNC(=O)[C@@H](Cc2ccc(F)cc2)NC(=O)[C@@H](C)N(C)C1=O. The van der Waals surface area contributed by atoms with Crippen LogP contribution in [0.2, 0.25) is 0 Å². The minimum Gasteiger partial charge on any atom is -0.489 e. The molecule has 0 unspecified atom stereocenters. The number of aryl methyl sites for hydroxylation is 1. The number of fused-ring (bicyclic) bond motifs is 1. The number of nitrogens with one attached hydrogen (secondary N) is 3. The van der Waals surface area contributed by atoms with Gasteiger partial charge in [0.2, 0.25) is 17.7 Å². The molecule has 0 bridgehead atoms. The maximum absolute atomic E-state index is 13.4. The van der Waals surface area contributed by atoms with Gasteiger partial charge in [-0.25, -0.2) is 4.39 Å². The predicted octanol–water partition coefficient (Wildman–Crippen LogP) is 2.99. The lowest BCUT2D eigenvalue weighted by molar-refractivity contribution is -0.141. The van der Waals surface area contributed by atoms with Crippen molar-refractivity contribution in [1.29, 1.82) is 0 Å². The fourth-order valence-electron chi connectivity index (χ4n) is 4.58. The van der Waals surface area contributed by atoms with Crippen LogP contribution in [0.3, 0.4) is 0 Å². The van der Waals surface area contributed by atoms with E-state index in [4.69, 9.17) is 4.74 Å².